The Morgan fingerprint density at radius 1 is 1.25 bits per heavy atom. The fourth-order valence-corrected chi connectivity index (χ4v) is 4.95. The SMILES string of the molecule is Cc1ccc(CC(C)NCC2Cc3ccccc3S2)s1. The van der Waals surface area contributed by atoms with Crippen molar-refractivity contribution in [2.45, 2.75) is 42.9 Å². The van der Waals surface area contributed by atoms with Crippen LogP contribution in [-0.2, 0) is 12.8 Å². The second-order valence-corrected chi connectivity index (χ2v) is 8.29. The summed E-state index contributed by atoms with van der Waals surface area (Å²) in [6.45, 7) is 5.57. The number of rotatable bonds is 5. The Bertz CT molecular complexity index is 551. The molecule has 1 aliphatic rings. The van der Waals surface area contributed by atoms with Crippen LogP contribution < -0.4 is 5.32 Å². The molecule has 2 atom stereocenters. The van der Waals surface area contributed by atoms with Gasteiger partial charge in [0.2, 0.25) is 0 Å². The number of fused-ring (bicyclic) bond motifs is 1. The molecule has 2 heterocycles. The van der Waals surface area contributed by atoms with Gasteiger partial charge in [-0.15, -0.1) is 23.1 Å². The van der Waals surface area contributed by atoms with E-state index in [1.165, 1.54) is 26.6 Å². The predicted molar refractivity (Wildman–Crippen MR) is 90.0 cm³/mol. The van der Waals surface area contributed by atoms with Gasteiger partial charge in [0.15, 0.2) is 0 Å². The van der Waals surface area contributed by atoms with Crippen molar-refractivity contribution >= 4 is 23.1 Å². The van der Waals surface area contributed by atoms with Gasteiger partial charge in [0.25, 0.3) is 0 Å². The van der Waals surface area contributed by atoms with E-state index >= 15 is 0 Å². The van der Waals surface area contributed by atoms with Crippen molar-refractivity contribution in [1.82, 2.24) is 5.32 Å². The lowest BCUT2D eigenvalue weighted by atomic mass is 10.1. The van der Waals surface area contributed by atoms with E-state index < -0.39 is 0 Å². The highest BCUT2D eigenvalue weighted by Gasteiger charge is 2.21. The summed E-state index contributed by atoms with van der Waals surface area (Å²) in [7, 11) is 0. The summed E-state index contributed by atoms with van der Waals surface area (Å²) in [4.78, 5) is 4.37. The minimum atomic E-state index is 0.553. The molecule has 106 valence electrons. The first-order valence-corrected chi connectivity index (χ1v) is 8.93. The van der Waals surface area contributed by atoms with Gasteiger partial charge in [-0.05, 0) is 50.5 Å². The Morgan fingerprint density at radius 2 is 2.10 bits per heavy atom. The largest absolute Gasteiger partial charge is 0.313 e. The number of benzene rings is 1. The molecule has 3 heteroatoms. The molecule has 1 aromatic carbocycles. The normalized spacial score (nSPS) is 19.0. The highest BCUT2D eigenvalue weighted by Crippen LogP contribution is 2.36. The number of hydrogen-bond acceptors (Lipinski definition) is 3. The van der Waals surface area contributed by atoms with Crippen molar-refractivity contribution in [2.75, 3.05) is 6.54 Å². The van der Waals surface area contributed by atoms with Crippen LogP contribution >= 0.6 is 23.1 Å². The van der Waals surface area contributed by atoms with Crippen molar-refractivity contribution in [3.8, 4) is 0 Å². The van der Waals surface area contributed by atoms with Gasteiger partial charge in [-0.25, -0.2) is 0 Å². The van der Waals surface area contributed by atoms with Gasteiger partial charge in [-0.1, -0.05) is 18.2 Å². The minimum absolute atomic E-state index is 0.553. The van der Waals surface area contributed by atoms with Crippen molar-refractivity contribution in [3.05, 3.63) is 51.7 Å². The fourth-order valence-electron chi connectivity index (χ4n) is 2.67. The van der Waals surface area contributed by atoms with E-state index in [0.29, 0.717) is 11.3 Å². The first kappa shape index (κ1) is 14.2. The van der Waals surface area contributed by atoms with Gasteiger partial charge in [0, 0.05) is 32.5 Å². The van der Waals surface area contributed by atoms with Crippen LogP contribution in [0.2, 0.25) is 0 Å². The van der Waals surface area contributed by atoms with Crippen LogP contribution in [0.3, 0.4) is 0 Å². The van der Waals surface area contributed by atoms with E-state index in [1.54, 1.807) is 0 Å². The third-order valence-corrected chi connectivity index (χ3v) is 6.05. The van der Waals surface area contributed by atoms with Crippen molar-refractivity contribution in [3.63, 3.8) is 0 Å². The molecule has 20 heavy (non-hydrogen) atoms. The summed E-state index contributed by atoms with van der Waals surface area (Å²) in [6, 6.07) is 13.8. The first-order valence-electron chi connectivity index (χ1n) is 7.24. The molecular weight excluding hydrogens is 282 g/mol. The lowest BCUT2D eigenvalue weighted by Crippen LogP contribution is -2.33. The average molecular weight is 303 g/mol. The van der Waals surface area contributed by atoms with Crippen LogP contribution in [0.5, 0.6) is 0 Å². The Kier molecular flexibility index (Phi) is 4.49. The molecule has 0 aliphatic carbocycles. The Balaban J connectivity index is 1.46. The number of nitrogens with one attached hydrogen (secondary N) is 1. The van der Waals surface area contributed by atoms with E-state index in [2.05, 4.69) is 55.6 Å². The number of aryl methyl sites for hydroxylation is 1. The van der Waals surface area contributed by atoms with Gasteiger partial charge < -0.3 is 5.32 Å². The summed E-state index contributed by atoms with van der Waals surface area (Å²) < 4.78 is 0. The van der Waals surface area contributed by atoms with Crippen LogP contribution in [0.1, 0.15) is 22.2 Å². The third-order valence-electron chi connectivity index (χ3n) is 3.71. The first-order chi connectivity index (χ1) is 9.70. The second-order valence-electron chi connectivity index (χ2n) is 5.58. The Morgan fingerprint density at radius 3 is 2.85 bits per heavy atom. The maximum Gasteiger partial charge on any atom is 0.0260 e. The number of thioether (sulfide) groups is 1. The van der Waals surface area contributed by atoms with Crippen LogP contribution in [0.15, 0.2) is 41.3 Å². The third kappa shape index (κ3) is 3.46. The van der Waals surface area contributed by atoms with E-state index in [9.17, 15) is 0 Å². The average Bonchev–Trinajstić information content (AvgIpc) is 3.02. The molecular formula is C17H21NS2. The summed E-state index contributed by atoms with van der Waals surface area (Å²) in [5.74, 6) is 0. The van der Waals surface area contributed by atoms with Crippen molar-refractivity contribution < 1.29 is 0 Å². The standard InChI is InChI=1S/C17H21NS2/c1-12(9-15-8-7-13(2)19-15)18-11-16-10-14-5-3-4-6-17(14)20-16/h3-8,12,16,18H,9-11H2,1-2H3. The van der Waals surface area contributed by atoms with Crippen molar-refractivity contribution in [1.29, 1.82) is 0 Å². The summed E-state index contributed by atoms with van der Waals surface area (Å²) in [5, 5.41) is 4.40. The van der Waals surface area contributed by atoms with Crippen LogP contribution in [-0.4, -0.2) is 17.8 Å². The zero-order valence-corrected chi connectivity index (χ0v) is 13.7. The lowest BCUT2D eigenvalue weighted by Gasteiger charge is -2.16. The van der Waals surface area contributed by atoms with E-state index in [0.717, 1.165) is 13.0 Å². The van der Waals surface area contributed by atoms with Gasteiger partial charge >= 0.3 is 0 Å². The minimum Gasteiger partial charge on any atom is -0.313 e. The van der Waals surface area contributed by atoms with Gasteiger partial charge in [0.1, 0.15) is 0 Å². The van der Waals surface area contributed by atoms with Gasteiger partial charge in [-0.3, -0.25) is 0 Å². The van der Waals surface area contributed by atoms with Crippen LogP contribution in [0.4, 0.5) is 0 Å². The van der Waals surface area contributed by atoms with E-state index in [1.807, 2.05) is 23.1 Å². The van der Waals surface area contributed by atoms with Gasteiger partial charge in [-0.2, -0.15) is 0 Å². The van der Waals surface area contributed by atoms with E-state index in [-0.39, 0.29) is 0 Å². The Labute approximate surface area is 129 Å². The van der Waals surface area contributed by atoms with Crippen molar-refractivity contribution in [2.24, 2.45) is 0 Å². The molecule has 0 bridgehead atoms. The monoisotopic (exact) mass is 303 g/mol. The molecule has 0 radical (unpaired) electrons. The molecule has 0 fully saturated rings. The fraction of sp³-hybridized carbons (Fsp3) is 0.412. The molecule has 0 saturated carbocycles. The second kappa shape index (κ2) is 6.33. The molecule has 2 unspecified atom stereocenters. The molecule has 1 aliphatic heterocycles. The quantitative estimate of drug-likeness (QED) is 0.884. The highest BCUT2D eigenvalue weighted by atomic mass is 32.2. The summed E-state index contributed by atoms with van der Waals surface area (Å²) in [6.07, 6.45) is 2.35. The molecule has 1 aromatic heterocycles. The molecule has 0 spiro atoms. The number of thiophene rings is 1. The molecule has 0 saturated heterocycles. The summed E-state index contributed by atoms with van der Waals surface area (Å²) >= 11 is 3.95. The smallest absolute Gasteiger partial charge is 0.0260 e. The molecule has 0 amide bonds. The maximum absolute atomic E-state index is 3.70. The lowest BCUT2D eigenvalue weighted by molar-refractivity contribution is 0.544. The molecule has 2 aromatic rings. The van der Waals surface area contributed by atoms with Crippen LogP contribution in [0, 0.1) is 6.92 Å². The molecule has 1 N–H and O–H groups in total. The molecule has 3 rings (SSSR count). The Hall–Kier alpha value is -0.770. The number of hydrogen-bond donors (Lipinski definition) is 1. The highest BCUT2D eigenvalue weighted by molar-refractivity contribution is 8.00. The van der Waals surface area contributed by atoms with Gasteiger partial charge in [0.05, 0.1) is 0 Å². The van der Waals surface area contributed by atoms with Crippen LogP contribution in [0.25, 0.3) is 0 Å². The topological polar surface area (TPSA) is 12.0 Å². The zero-order chi connectivity index (χ0) is 13.9. The molecule has 1 nitrogen and oxygen atoms in total. The maximum atomic E-state index is 3.70. The van der Waals surface area contributed by atoms with E-state index in [4.69, 9.17) is 0 Å². The zero-order valence-electron chi connectivity index (χ0n) is 12.1. The predicted octanol–water partition coefficient (Wildman–Crippen LogP) is 4.29. The summed E-state index contributed by atoms with van der Waals surface area (Å²) in [5.41, 5.74) is 1.52.